The Morgan fingerprint density at radius 3 is 2.89 bits per heavy atom. The Morgan fingerprint density at radius 1 is 1.28 bits per heavy atom. The summed E-state index contributed by atoms with van der Waals surface area (Å²) in [4.78, 5) is 22.4. The van der Waals surface area contributed by atoms with Crippen molar-refractivity contribution in [3.63, 3.8) is 0 Å². The maximum atomic E-state index is 14.8. The lowest BCUT2D eigenvalue weighted by Gasteiger charge is -2.38. The van der Waals surface area contributed by atoms with Gasteiger partial charge in [-0.2, -0.15) is 0 Å². The van der Waals surface area contributed by atoms with E-state index >= 15 is 0 Å². The van der Waals surface area contributed by atoms with Crippen molar-refractivity contribution in [3.05, 3.63) is 60.2 Å². The fraction of sp³-hybridized carbons (Fsp3) is 0.444. The van der Waals surface area contributed by atoms with Gasteiger partial charge in [0.25, 0.3) is 0 Å². The van der Waals surface area contributed by atoms with Crippen LogP contribution in [-0.4, -0.2) is 63.5 Å². The number of piperidine rings is 1. The molecule has 2 aromatic heterocycles. The van der Waals surface area contributed by atoms with Gasteiger partial charge >= 0.3 is 5.97 Å². The highest BCUT2D eigenvalue weighted by atomic mass is 32.2. The summed E-state index contributed by atoms with van der Waals surface area (Å²) in [5.41, 5.74) is 0.810. The van der Waals surface area contributed by atoms with E-state index in [1.807, 2.05) is 18.2 Å². The molecule has 0 radical (unpaired) electrons. The molecular weight excluding hydrogens is 481 g/mol. The molecule has 3 unspecified atom stereocenters. The van der Waals surface area contributed by atoms with Crippen molar-refractivity contribution in [3.8, 4) is 5.75 Å². The number of carboxylic acid groups (broad SMARTS) is 1. The molecule has 0 bridgehead atoms. The summed E-state index contributed by atoms with van der Waals surface area (Å²) >= 11 is 1.69. The van der Waals surface area contributed by atoms with Crippen LogP contribution in [-0.2, 0) is 4.79 Å². The van der Waals surface area contributed by atoms with Gasteiger partial charge in [-0.3, -0.25) is 9.78 Å². The van der Waals surface area contributed by atoms with Crippen molar-refractivity contribution in [2.24, 2.45) is 11.8 Å². The number of hydrogen-bond donors (Lipinski definition) is 2. The van der Waals surface area contributed by atoms with Crippen molar-refractivity contribution >= 4 is 28.6 Å². The van der Waals surface area contributed by atoms with E-state index in [0.717, 1.165) is 36.5 Å². The Bertz CT molecular complexity index is 1170. The zero-order valence-electron chi connectivity index (χ0n) is 20.3. The van der Waals surface area contributed by atoms with Crippen LogP contribution < -0.4 is 4.74 Å². The van der Waals surface area contributed by atoms with Gasteiger partial charge in [-0.05, 0) is 68.0 Å². The first kappa shape index (κ1) is 26.3. The number of benzene rings is 1. The van der Waals surface area contributed by atoms with Crippen LogP contribution in [0.3, 0.4) is 0 Å². The first-order chi connectivity index (χ1) is 17.4. The molecule has 1 saturated heterocycles. The summed E-state index contributed by atoms with van der Waals surface area (Å²) < 4.78 is 20.0. The minimum atomic E-state index is -1.01. The molecular formula is C27H32FN3O4S. The number of pyridine rings is 2. The number of hydrogen-bond acceptors (Lipinski definition) is 7. The number of carboxylic acids is 1. The summed E-state index contributed by atoms with van der Waals surface area (Å²) in [5.74, 6) is 0.235. The summed E-state index contributed by atoms with van der Waals surface area (Å²) in [5, 5.41) is 22.0. The predicted molar refractivity (Wildman–Crippen MR) is 138 cm³/mol. The van der Waals surface area contributed by atoms with E-state index in [-0.39, 0.29) is 23.8 Å². The molecule has 36 heavy (non-hydrogen) atoms. The molecule has 1 aliphatic rings. The largest absolute Gasteiger partial charge is 0.497 e. The van der Waals surface area contributed by atoms with Crippen molar-refractivity contribution in [1.82, 2.24) is 14.9 Å². The fourth-order valence-corrected chi connectivity index (χ4v) is 5.93. The molecule has 0 aliphatic carbocycles. The highest BCUT2D eigenvalue weighted by Gasteiger charge is 2.31. The molecule has 0 amide bonds. The lowest BCUT2D eigenvalue weighted by Crippen LogP contribution is -2.42. The predicted octanol–water partition coefficient (Wildman–Crippen LogP) is 4.80. The molecule has 192 valence electrons. The maximum Gasteiger partial charge on any atom is 0.303 e. The van der Waals surface area contributed by atoms with Gasteiger partial charge in [0.05, 0.1) is 30.0 Å². The van der Waals surface area contributed by atoms with E-state index in [9.17, 15) is 19.4 Å². The molecule has 3 aromatic rings. The average Bonchev–Trinajstić information content (AvgIpc) is 2.88. The Morgan fingerprint density at radius 2 is 2.14 bits per heavy atom. The Labute approximate surface area is 214 Å². The second-order valence-electron chi connectivity index (χ2n) is 9.22. The summed E-state index contributed by atoms with van der Waals surface area (Å²) in [7, 11) is 1.54. The fourth-order valence-electron chi connectivity index (χ4n) is 5.06. The van der Waals surface area contributed by atoms with E-state index in [0.29, 0.717) is 36.0 Å². The van der Waals surface area contributed by atoms with Gasteiger partial charge in [0.15, 0.2) is 0 Å². The van der Waals surface area contributed by atoms with Crippen LogP contribution in [0, 0.1) is 17.7 Å². The smallest absolute Gasteiger partial charge is 0.303 e. The molecule has 1 fully saturated rings. The van der Waals surface area contributed by atoms with Gasteiger partial charge in [0, 0.05) is 42.4 Å². The van der Waals surface area contributed by atoms with E-state index in [1.54, 1.807) is 36.2 Å². The van der Waals surface area contributed by atoms with Crippen molar-refractivity contribution in [1.29, 1.82) is 0 Å². The van der Waals surface area contributed by atoms with Crippen LogP contribution in [0.25, 0.3) is 10.9 Å². The monoisotopic (exact) mass is 513 g/mol. The van der Waals surface area contributed by atoms with Crippen LogP contribution in [0.2, 0.25) is 0 Å². The van der Waals surface area contributed by atoms with Crippen LogP contribution in [0.15, 0.2) is 53.8 Å². The third kappa shape index (κ3) is 6.72. The lowest BCUT2D eigenvalue weighted by molar-refractivity contribution is -0.139. The van der Waals surface area contributed by atoms with Crippen LogP contribution in [0.4, 0.5) is 4.39 Å². The molecule has 3 atom stereocenters. The number of thioether (sulfide) groups is 1. The van der Waals surface area contributed by atoms with Crippen LogP contribution >= 0.6 is 11.8 Å². The van der Waals surface area contributed by atoms with E-state index in [1.165, 1.54) is 7.11 Å². The van der Waals surface area contributed by atoms with E-state index in [4.69, 9.17) is 4.74 Å². The molecule has 9 heteroatoms. The second kappa shape index (κ2) is 12.5. The average molecular weight is 514 g/mol. The van der Waals surface area contributed by atoms with Crippen LogP contribution in [0.1, 0.15) is 37.4 Å². The van der Waals surface area contributed by atoms with Gasteiger partial charge in [-0.1, -0.05) is 6.07 Å². The SMILES string of the molecule is COc1ccc2ncc(F)c(C(O)CCC3CCN(CCSc4ccccn4)CC3CC(=O)O)c2c1. The van der Waals surface area contributed by atoms with Gasteiger partial charge in [0.2, 0.25) is 0 Å². The number of nitrogens with zero attached hydrogens (tertiary/aromatic N) is 3. The number of carbonyl (C=O) groups is 1. The number of likely N-dealkylation sites (tertiary alicyclic amines) is 1. The number of aromatic nitrogens is 2. The van der Waals surface area contributed by atoms with Crippen molar-refractivity contribution < 1.29 is 24.1 Å². The Balaban J connectivity index is 1.38. The Kier molecular flexibility index (Phi) is 9.12. The molecule has 1 aliphatic heterocycles. The number of aliphatic hydroxyl groups excluding tert-OH is 1. The third-order valence-corrected chi connectivity index (χ3v) is 7.84. The number of methoxy groups -OCH3 is 1. The lowest BCUT2D eigenvalue weighted by atomic mass is 9.79. The van der Waals surface area contributed by atoms with Gasteiger partial charge < -0.3 is 19.8 Å². The molecule has 1 aromatic carbocycles. The zero-order valence-corrected chi connectivity index (χ0v) is 21.2. The standard InChI is InChI=1S/C27H32FN3O4S/c1-35-20-6-7-23-21(15-20)27(22(28)16-30-23)24(32)8-5-18-9-11-31(17-19(18)14-26(33)34)12-13-36-25-4-2-3-10-29-25/h2-4,6-7,10,15-16,18-19,24,32H,5,8-9,11-14,17H2,1H3,(H,33,34). The number of rotatable bonds is 11. The number of aliphatic carboxylic acids is 1. The van der Waals surface area contributed by atoms with Gasteiger partial charge in [-0.25, -0.2) is 9.37 Å². The van der Waals surface area contributed by atoms with Gasteiger partial charge in [-0.15, -0.1) is 11.8 Å². The molecule has 7 nitrogen and oxygen atoms in total. The Hall–Kier alpha value is -2.75. The first-order valence-corrected chi connectivity index (χ1v) is 13.2. The summed E-state index contributed by atoms with van der Waals surface area (Å²) in [6.07, 6.45) is 3.83. The number of halogens is 1. The minimum absolute atomic E-state index is 0.0116. The normalized spacial score (nSPS) is 19.3. The van der Waals surface area contributed by atoms with Crippen LogP contribution in [0.5, 0.6) is 5.75 Å². The molecule has 0 saturated carbocycles. The van der Waals surface area contributed by atoms with Gasteiger partial charge in [0.1, 0.15) is 11.6 Å². The first-order valence-electron chi connectivity index (χ1n) is 12.2. The summed E-state index contributed by atoms with van der Waals surface area (Å²) in [6.45, 7) is 2.45. The number of aliphatic hydroxyl groups is 1. The summed E-state index contributed by atoms with van der Waals surface area (Å²) in [6, 6.07) is 11.0. The van der Waals surface area contributed by atoms with Crippen molar-refractivity contribution in [2.75, 3.05) is 32.5 Å². The topological polar surface area (TPSA) is 95.8 Å². The zero-order chi connectivity index (χ0) is 25.5. The maximum absolute atomic E-state index is 14.8. The third-order valence-electron chi connectivity index (χ3n) is 6.92. The molecule has 4 rings (SSSR count). The highest BCUT2D eigenvalue weighted by molar-refractivity contribution is 7.99. The highest BCUT2D eigenvalue weighted by Crippen LogP contribution is 2.36. The molecule has 0 spiro atoms. The van der Waals surface area contributed by atoms with E-state index < -0.39 is 17.9 Å². The van der Waals surface area contributed by atoms with E-state index in [2.05, 4.69) is 14.9 Å². The van der Waals surface area contributed by atoms with Crippen molar-refractivity contribution in [2.45, 2.75) is 36.8 Å². The quantitative estimate of drug-likeness (QED) is 0.353. The number of ether oxygens (including phenoxy) is 1. The second-order valence-corrected chi connectivity index (χ2v) is 10.3. The minimum Gasteiger partial charge on any atom is -0.497 e. The molecule has 2 N–H and O–H groups in total. The number of fused-ring (bicyclic) bond motifs is 1. The molecule has 3 heterocycles.